The van der Waals surface area contributed by atoms with E-state index in [2.05, 4.69) is 16.4 Å². The number of amides is 1. The molecule has 4 rings (SSSR count). The summed E-state index contributed by atoms with van der Waals surface area (Å²) in [5, 5.41) is 8.74. The van der Waals surface area contributed by atoms with Crippen LogP contribution in [0.5, 0.6) is 5.75 Å². The van der Waals surface area contributed by atoms with Gasteiger partial charge < -0.3 is 9.64 Å². The van der Waals surface area contributed by atoms with Crippen LogP contribution in [0.15, 0.2) is 54.7 Å². The largest absolute Gasteiger partial charge is 0.488 e. The maximum Gasteiger partial charge on any atom is 0.275 e. The second-order valence-electron chi connectivity index (χ2n) is 6.67. The zero-order chi connectivity index (χ0) is 18.8. The first-order chi connectivity index (χ1) is 13.1. The van der Waals surface area contributed by atoms with E-state index in [0.717, 1.165) is 17.7 Å². The zero-order valence-corrected chi connectivity index (χ0v) is 15.6. The third-order valence-corrected chi connectivity index (χ3v) is 4.76. The van der Waals surface area contributed by atoms with Gasteiger partial charge >= 0.3 is 0 Å². The molecule has 1 aliphatic heterocycles. The number of fused-ring (bicyclic) bond motifs is 1. The van der Waals surface area contributed by atoms with Crippen LogP contribution < -0.4 is 4.74 Å². The predicted octanol–water partition coefficient (Wildman–Crippen LogP) is 3.06. The summed E-state index contributed by atoms with van der Waals surface area (Å²) in [6, 6.07) is 15.5. The van der Waals surface area contributed by atoms with Crippen LogP contribution in [0.2, 0.25) is 5.02 Å². The van der Waals surface area contributed by atoms with Crippen LogP contribution in [0.4, 0.5) is 0 Å². The number of aromatic nitrogens is 3. The Hall–Kier alpha value is -2.86. The molecular formula is C20H19ClN4O2. The van der Waals surface area contributed by atoms with Gasteiger partial charge in [0.2, 0.25) is 0 Å². The van der Waals surface area contributed by atoms with E-state index in [-0.39, 0.29) is 12.0 Å². The fourth-order valence-corrected chi connectivity index (χ4v) is 3.45. The first kappa shape index (κ1) is 17.5. The average Bonchev–Trinajstić information content (AvgIpc) is 3.27. The van der Waals surface area contributed by atoms with Crippen molar-refractivity contribution < 1.29 is 9.53 Å². The standard InChI is InChI=1S/C20H19ClN4O2/c1-24(12-17-10-15-6-2-3-8-19(15)27-17)20(26)18-13-25(23-22-18)11-14-5-4-7-16(21)9-14/h2-9,13,17H,10-12H2,1H3/t17-/m1/s1. The number of nitrogens with zero attached hydrogens (tertiary/aromatic N) is 4. The lowest BCUT2D eigenvalue weighted by molar-refractivity contribution is 0.0724. The van der Waals surface area contributed by atoms with Crippen LogP contribution in [0.3, 0.4) is 0 Å². The molecule has 6 nitrogen and oxygen atoms in total. The highest BCUT2D eigenvalue weighted by molar-refractivity contribution is 6.30. The smallest absolute Gasteiger partial charge is 0.275 e. The molecule has 0 aliphatic carbocycles. The molecule has 3 aromatic rings. The van der Waals surface area contributed by atoms with Crippen molar-refractivity contribution in [3.63, 3.8) is 0 Å². The molecule has 0 saturated carbocycles. The molecule has 0 spiro atoms. The highest BCUT2D eigenvalue weighted by atomic mass is 35.5. The Morgan fingerprint density at radius 1 is 1.30 bits per heavy atom. The van der Waals surface area contributed by atoms with E-state index in [1.807, 2.05) is 42.5 Å². The molecule has 0 unspecified atom stereocenters. The topological polar surface area (TPSA) is 60.2 Å². The minimum absolute atomic E-state index is 0.0437. The van der Waals surface area contributed by atoms with Gasteiger partial charge in [-0.3, -0.25) is 4.79 Å². The van der Waals surface area contributed by atoms with Crippen molar-refractivity contribution >= 4 is 17.5 Å². The van der Waals surface area contributed by atoms with Gasteiger partial charge in [0.1, 0.15) is 11.9 Å². The Bertz CT molecular complexity index is 947. The van der Waals surface area contributed by atoms with E-state index in [4.69, 9.17) is 16.3 Å². The van der Waals surface area contributed by atoms with Gasteiger partial charge in [-0.2, -0.15) is 0 Å². The van der Waals surface area contributed by atoms with Gasteiger partial charge in [-0.05, 0) is 29.3 Å². The molecule has 0 N–H and O–H groups in total. The number of hydrogen-bond donors (Lipinski definition) is 0. The van der Waals surface area contributed by atoms with Gasteiger partial charge in [-0.1, -0.05) is 47.1 Å². The van der Waals surface area contributed by atoms with Crippen molar-refractivity contribution in [1.29, 1.82) is 0 Å². The van der Waals surface area contributed by atoms with Crippen LogP contribution >= 0.6 is 11.6 Å². The maximum absolute atomic E-state index is 12.7. The minimum Gasteiger partial charge on any atom is -0.488 e. The van der Waals surface area contributed by atoms with Gasteiger partial charge in [-0.15, -0.1) is 5.10 Å². The first-order valence-electron chi connectivity index (χ1n) is 8.73. The number of para-hydroxylation sites is 1. The quantitative estimate of drug-likeness (QED) is 0.680. The molecule has 0 bridgehead atoms. The summed E-state index contributed by atoms with van der Waals surface area (Å²) in [5.41, 5.74) is 2.49. The van der Waals surface area contributed by atoms with Gasteiger partial charge in [0.15, 0.2) is 5.69 Å². The van der Waals surface area contributed by atoms with E-state index in [9.17, 15) is 4.79 Å². The Morgan fingerprint density at radius 3 is 2.96 bits per heavy atom. The Kier molecular flexibility index (Phi) is 4.81. The van der Waals surface area contributed by atoms with Crippen molar-refractivity contribution in [2.75, 3.05) is 13.6 Å². The molecule has 1 atom stereocenters. The molecule has 0 saturated heterocycles. The average molecular weight is 383 g/mol. The molecule has 0 radical (unpaired) electrons. The van der Waals surface area contributed by atoms with Gasteiger partial charge in [0.05, 0.1) is 19.3 Å². The first-order valence-corrected chi connectivity index (χ1v) is 9.11. The predicted molar refractivity (Wildman–Crippen MR) is 102 cm³/mol. The van der Waals surface area contributed by atoms with Crippen LogP contribution in [0, 0.1) is 0 Å². The van der Waals surface area contributed by atoms with Gasteiger partial charge in [-0.25, -0.2) is 4.68 Å². The Morgan fingerprint density at radius 2 is 2.15 bits per heavy atom. The summed E-state index contributed by atoms with van der Waals surface area (Å²) < 4.78 is 7.54. The fourth-order valence-electron chi connectivity index (χ4n) is 3.24. The van der Waals surface area contributed by atoms with Crippen LogP contribution in [-0.2, 0) is 13.0 Å². The minimum atomic E-state index is -0.174. The summed E-state index contributed by atoms with van der Waals surface area (Å²) in [7, 11) is 1.75. The van der Waals surface area contributed by atoms with E-state index in [1.165, 1.54) is 5.56 Å². The number of benzene rings is 2. The van der Waals surface area contributed by atoms with Gasteiger partial charge in [0.25, 0.3) is 5.91 Å². The Balaban J connectivity index is 1.37. The maximum atomic E-state index is 12.7. The number of carbonyl (C=O) groups is 1. The molecule has 27 heavy (non-hydrogen) atoms. The van der Waals surface area contributed by atoms with Crippen molar-refractivity contribution in [3.8, 4) is 5.75 Å². The molecule has 2 aromatic carbocycles. The van der Waals surface area contributed by atoms with Crippen molar-refractivity contribution in [3.05, 3.63) is 76.6 Å². The second-order valence-corrected chi connectivity index (χ2v) is 7.11. The lowest BCUT2D eigenvalue weighted by Gasteiger charge is -2.20. The van der Waals surface area contributed by atoms with Crippen molar-refractivity contribution in [1.82, 2.24) is 19.9 Å². The lowest BCUT2D eigenvalue weighted by atomic mass is 10.1. The number of ether oxygens (including phenoxy) is 1. The zero-order valence-electron chi connectivity index (χ0n) is 14.9. The second kappa shape index (κ2) is 7.40. The molecule has 1 aliphatic rings. The third kappa shape index (κ3) is 3.95. The van der Waals surface area contributed by atoms with Crippen LogP contribution in [-0.4, -0.2) is 45.5 Å². The van der Waals surface area contributed by atoms with Crippen molar-refractivity contribution in [2.45, 2.75) is 19.1 Å². The van der Waals surface area contributed by atoms with Crippen molar-refractivity contribution in [2.24, 2.45) is 0 Å². The van der Waals surface area contributed by atoms with E-state index in [0.29, 0.717) is 23.8 Å². The summed E-state index contributed by atoms with van der Waals surface area (Å²) in [4.78, 5) is 14.3. The molecule has 7 heteroatoms. The third-order valence-electron chi connectivity index (χ3n) is 4.53. The summed E-state index contributed by atoms with van der Waals surface area (Å²) in [6.45, 7) is 1.00. The van der Waals surface area contributed by atoms with E-state index >= 15 is 0 Å². The number of hydrogen-bond acceptors (Lipinski definition) is 4. The molecule has 2 heterocycles. The molecule has 138 valence electrons. The van der Waals surface area contributed by atoms with Crippen LogP contribution in [0.1, 0.15) is 21.6 Å². The highest BCUT2D eigenvalue weighted by Crippen LogP contribution is 2.28. The number of rotatable bonds is 5. The summed E-state index contributed by atoms with van der Waals surface area (Å²) in [5.74, 6) is 0.725. The summed E-state index contributed by atoms with van der Waals surface area (Å²) in [6.07, 6.45) is 2.41. The SMILES string of the molecule is CN(C[C@H]1Cc2ccccc2O1)C(=O)c1cn(Cc2cccc(Cl)c2)nn1. The summed E-state index contributed by atoms with van der Waals surface area (Å²) >= 11 is 6.00. The lowest BCUT2D eigenvalue weighted by Crippen LogP contribution is -2.36. The molecule has 1 amide bonds. The van der Waals surface area contributed by atoms with Gasteiger partial charge in [0, 0.05) is 18.5 Å². The fraction of sp³-hybridized carbons (Fsp3) is 0.250. The normalized spacial score (nSPS) is 15.3. The monoisotopic (exact) mass is 382 g/mol. The number of halogens is 1. The number of likely N-dealkylation sites (N-methyl/N-ethyl adjacent to an activating group) is 1. The van der Waals surface area contributed by atoms with E-state index in [1.54, 1.807) is 22.8 Å². The van der Waals surface area contributed by atoms with Crippen LogP contribution in [0.25, 0.3) is 0 Å². The van der Waals surface area contributed by atoms with E-state index < -0.39 is 0 Å². The molecule has 0 fully saturated rings. The highest BCUT2D eigenvalue weighted by Gasteiger charge is 2.26. The Labute approximate surface area is 162 Å². The number of carbonyl (C=O) groups excluding carboxylic acids is 1. The molecule has 1 aromatic heterocycles. The molecular weight excluding hydrogens is 364 g/mol.